The van der Waals surface area contributed by atoms with E-state index in [1.807, 2.05) is 6.07 Å². The van der Waals surface area contributed by atoms with Crippen LogP contribution < -0.4 is 14.9 Å². The van der Waals surface area contributed by atoms with E-state index in [4.69, 9.17) is 37.9 Å². The van der Waals surface area contributed by atoms with Gasteiger partial charge in [-0.2, -0.15) is 5.26 Å². The molecule has 0 unspecified atom stereocenters. The molecule has 1 amide bonds. The Morgan fingerprint density at radius 2 is 2.10 bits per heavy atom. The number of ether oxygens (including phenoxy) is 2. The Balaban J connectivity index is 1.40. The monoisotopic (exact) mass is 457 g/mol. The van der Waals surface area contributed by atoms with Gasteiger partial charge in [0.2, 0.25) is 0 Å². The van der Waals surface area contributed by atoms with E-state index < -0.39 is 0 Å². The van der Waals surface area contributed by atoms with Crippen LogP contribution in [0.15, 0.2) is 42.7 Å². The molecule has 0 bridgehead atoms. The molecule has 31 heavy (non-hydrogen) atoms. The highest BCUT2D eigenvalue weighted by Crippen LogP contribution is 2.35. The van der Waals surface area contributed by atoms with Gasteiger partial charge in [-0.3, -0.25) is 10.2 Å². The molecule has 0 saturated heterocycles. The number of rotatable bonds is 6. The number of hydrogen-bond donors (Lipinski definition) is 2. The van der Waals surface area contributed by atoms with Crippen molar-refractivity contribution in [1.29, 1.82) is 5.26 Å². The summed E-state index contributed by atoms with van der Waals surface area (Å²) >= 11 is 12.1. The Bertz CT molecular complexity index is 1160. The van der Waals surface area contributed by atoms with E-state index in [0.717, 1.165) is 17.8 Å². The second-order valence-corrected chi connectivity index (χ2v) is 7.68. The average Bonchev–Trinajstić information content (AvgIpc) is 3.20. The zero-order valence-electron chi connectivity index (χ0n) is 16.2. The molecule has 4 rings (SSSR count). The van der Waals surface area contributed by atoms with Crippen molar-refractivity contribution in [3.05, 3.63) is 69.7 Å². The molecule has 3 aromatic rings. The first kappa shape index (κ1) is 21.0. The number of nitriles is 1. The molecule has 1 aliphatic rings. The molecule has 1 aliphatic heterocycles. The van der Waals surface area contributed by atoms with Crippen LogP contribution in [-0.2, 0) is 17.8 Å². The summed E-state index contributed by atoms with van der Waals surface area (Å²) in [7, 11) is 0. The van der Waals surface area contributed by atoms with Gasteiger partial charge in [-0.25, -0.2) is 9.99 Å². The van der Waals surface area contributed by atoms with Crippen molar-refractivity contribution in [1.82, 2.24) is 20.4 Å². The van der Waals surface area contributed by atoms with Crippen LogP contribution in [0.2, 0.25) is 10.0 Å². The lowest BCUT2D eigenvalue weighted by atomic mass is 10.2. The van der Waals surface area contributed by atoms with E-state index in [9.17, 15) is 4.79 Å². The molecule has 2 N–H and O–H groups in total. The molecule has 0 aliphatic carbocycles. The summed E-state index contributed by atoms with van der Waals surface area (Å²) in [6, 6.07) is 11.5. The maximum Gasteiger partial charge on any atom is 0.272 e. The highest BCUT2D eigenvalue weighted by molar-refractivity contribution is 6.31. The standard InChI is InChI=1S/C21H17Cl2N5O3/c22-14-1-2-19(20(8-14)31-16-6-13(9-24)5-15(23)7-16)30-11-21(29)27-28-4-3-17-18(10-28)26-12-25-17/h1-2,5-8,12H,3-4,10-11H2,(H,25,26)(H,27,29). The Morgan fingerprint density at radius 3 is 2.94 bits per heavy atom. The maximum atomic E-state index is 12.4. The molecule has 0 atom stereocenters. The van der Waals surface area contributed by atoms with Crippen LogP contribution in [0.3, 0.4) is 0 Å². The van der Waals surface area contributed by atoms with Gasteiger partial charge in [0.15, 0.2) is 18.1 Å². The van der Waals surface area contributed by atoms with Crippen molar-refractivity contribution in [2.24, 2.45) is 0 Å². The van der Waals surface area contributed by atoms with Crippen LogP contribution in [0.5, 0.6) is 17.2 Å². The van der Waals surface area contributed by atoms with Crippen LogP contribution in [0.25, 0.3) is 0 Å². The molecule has 2 heterocycles. The molecule has 1 aromatic heterocycles. The second kappa shape index (κ2) is 9.27. The summed E-state index contributed by atoms with van der Waals surface area (Å²) < 4.78 is 11.5. The topological polar surface area (TPSA) is 103 Å². The predicted molar refractivity (Wildman–Crippen MR) is 114 cm³/mol. The van der Waals surface area contributed by atoms with Crippen LogP contribution in [0.4, 0.5) is 0 Å². The van der Waals surface area contributed by atoms with Crippen LogP contribution in [0.1, 0.15) is 17.0 Å². The number of benzene rings is 2. The number of nitrogens with one attached hydrogen (secondary N) is 2. The molecule has 10 heteroatoms. The van der Waals surface area contributed by atoms with Gasteiger partial charge >= 0.3 is 0 Å². The largest absolute Gasteiger partial charge is 0.480 e. The summed E-state index contributed by atoms with van der Waals surface area (Å²) in [6.45, 7) is 0.991. The third kappa shape index (κ3) is 5.27. The van der Waals surface area contributed by atoms with E-state index >= 15 is 0 Å². The number of aromatic nitrogens is 2. The smallest absolute Gasteiger partial charge is 0.272 e. The van der Waals surface area contributed by atoms with Gasteiger partial charge in [0.1, 0.15) is 5.75 Å². The first-order valence-electron chi connectivity index (χ1n) is 9.36. The number of carbonyl (C=O) groups excluding carboxylic acids is 1. The molecule has 0 radical (unpaired) electrons. The fraction of sp³-hybridized carbons (Fsp3) is 0.190. The maximum absolute atomic E-state index is 12.4. The molecular formula is C21H17Cl2N5O3. The Morgan fingerprint density at radius 1 is 1.23 bits per heavy atom. The lowest BCUT2D eigenvalue weighted by molar-refractivity contribution is -0.128. The lowest BCUT2D eigenvalue weighted by Gasteiger charge is -2.26. The van der Waals surface area contributed by atoms with Gasteiger partial charge < -0.3 is 14.5 Å². The van der Waals surface area contributed by atoms with E-state index in [-0.39, 0.29) is 12.5 Å². The first-order valence-corrected chi connectivity index (χ1v) is 10.1. The zero-order chi connectivity index (χ0) is 21.8. The van der Waals surface area contributed by atoms with Crippen molar-refractivity contribution in [3.63, 3.8) is 0 Å². The number of imidazole rings is 1. The quantitative estimate of drug-likeness (QED) is 0.582. The minimum atomic E-state index is -0.307. The highest BCUT2D eigenvalue weighted by atomic mass is 35.5. The van der Waals surface area contributed by atoms with E-state index in [1.54, 1.807) is 41.7 Å². The van der Waals surface area contributed by atoms with Crippen molar-refractivity contribution in [3.8, 4) is 23.3 Å². The fourth-order valence-corrected chi connectivity index (χ4v) is 3.54. The predicted octanol–water partition coefficient (Wildman–Crippen LogP) is 3.85. The summed E-state index contributed by atoms with van der Waals surface area (Å²) in [5.41, 5.74) is 5.18. The first-order chi connectivity index (χ1) is 15.0. The van der Waals surface area contributed by atoms with Crippen molar-refractivity contribution < 1.29 is 14.3 Å². The molecular weight excluding hydrogens is 441 g/mol. The zero-order valence-corrected chi connectivity index (χ0v) is 17.7. The third-order valence-corrected chi connectivity index (χ3v) is 5.00. The minimum absolute atomic E-state index is 0.219. The molecule has 158 valence electrons. The van der Waals surface area contributed by atoms with Crippen LogP contribution >= 0.6 is 23.2 Å². The number of nitrogens with zero attached hydrogens (tertiary/aromatic N) is 3. The van der Waals surface area contributed by atoms with Gasteiger partial charge in [-0.15, -0.1) is 0 Å². The Hall–Kier alpha value is -3.25. The van der Waals surface area contributed by atoms with Gasteiger partial charge in [0.05, 0.1) is 35.9 Å². The number of H-pyrrole nitrogens is 1. The molecule has 0 fully saturated rings. The number of amides is 1. The molecule has 8 nitrogen and oxygen atoms in total. The van der Waals surface area contributed by atoms with Gasteiger partial charge in [0.25, 0.3) is 5.91 Å². The summed E-state index contributed by atoms with van der Waals surface area (Å²) in [5, 5.41) is 11.7. The van der Waals surface area contributed by atoms with Crippen LogP contribution in [-0.4, -0.2) is 34.0 Å². The van der Waals surface area contributed by atoms with Crippen LogP contribution in [0, 0.1) is 11.3 Å². The summed E-state index contributed by atoms with van der Waals surface area (Å²) in [5.74, 6) is 0.668. The third-order valence-electron chi connectivity index (χ3n) is 4.55. The summed E-state index contributed by atoms with van der Waals surface area (Å²) in [6.07, 6.45) is 2.40. The Kier molecular flexibility index (Phi) is 6.28. The lowest BCUT2D eigenvalue weighted by Crippen LogP contribution is -2.46. The fourth-order valence-electron chi connectivity index (χ4n) is 3.15. The molecule has 2 aromatic carbocycles. The van der Waals surface area contributed by atoms with E-state index in [2.05, 4.69) is 15.4 Å². The Labute approximate surface area is 188 Å². The van der Waals surface area contributed by atoms with Gasteiger partial charge in [-0.05, 0) is 30.3 Å². The van der Waals surface area contributed by atoms with Gasteiger partial charge in [0, 0.05) is 29.1 Å². The second-order valence-electron chi connectivity index (χ2n) is 6.80. The minimum Gasteiger partial charge on any atom is -0.480 e. The number of hydrazine groups is 1. The molecule has 0 saturated carbocycles. The van der Waals surface area contributed by atoms with Crippen molar-refractivity contribution in [2.75, 3.05) is 13.2 Å². The number of halogens is 2. The average molecular weight is 458 g/mol. The van der Waals surface area contributed by atoms with E-state index in [0.29, 0.717) is 45.9 Å². The van der Waals surface area contributed by atoms with Crippen molar-refractivity contribution >= 4 is 29.1 Å². The van der Waals surface area contributed by atoms with E-state index in [1.165, 1.54) is 6.07 Å². The van der Waals surface area contributed by atoms with Crippen molar-refractivity contribution in [2.45, 2.75) is 13.0 Å². The number of fused-ring (bicyclic) bond motifs is 1. The molecule has 0 spiro atoms. The normalized spacial score (nSPS) is 13.2. The number of aromatic amines is 1. The number of carbonyl (C=O) groups is 1. The SMILES string of the molecule is N#Cc1cc(Cl)cc(Oc2cc(Cl)ccc2OCC(=O)NN2CCc3nc[nH]c3C2)c1. The summed E-state index contributed by atoms with van der Waals surface area (Å²) in [4.78, 5) is 19.7. The highest BCUT2D eigenvalue weighted by Gasteiger charge is 2.20. The number of hydrogen-bond acceptors (Lipinski definition) is 6. The van der Waals surface area contributed by atoms with Gasteiger partial charge in [-0.1, -0.05) is 23.2 Å².